The van der Waals surface area contributed by atoms with E-state index in [1.54, 1.807) is 18.6 Å². The minimum Gasteiger partial charge on any atom is -0.493 e. The molecule has 3 aromatic heterocycles. The van der Waals surface area contributed by atoms with Crippen LogP contribution in [0.2, 0.25) is 0 Å². The molecule has 5 heteroatoms. The molecule has 162 valence electrons. The van der Waals surface area contributed by atoms with Crippen molar-refractivity contribution in [3.63, 3.8) is 0 Å². The Morgan fingerprint density at radius 3 is 2.39 bits per heavy atom. The number of rotatable bonds is 4. The number of para-hydroxylation sites is 1. The number of fused-ring (bicyclic) bond motifs is 5. The Hall–Kier alpha value is -4.12. The first-order valence-corrected chi connectivity index (χ1v) is 11.0. The van der Waals surface area contributed by atoms with E-state index in [2.05, 4.69) is 37.3 Å². The molecule has 6 rings (SSSR count). The minimum absolute atomic E-state index is 0.139. The van der Waals surface area contributed by atoms with E-state index in [9.17, 15) is 4.79 Å². The van der Waals surface area contributed by atoms with Gasteiger partial charge >= 0.3 is 0 Å². The molecule has 0 bridgehead atoms. The zero-order valence-electron chi connectivity index (χ0n) is 18.7. The summed E-state index contributed by atoms with van der Waals surface area (Å²) in [5.41, 5.74) is 5.70. The number of ether oxygens (including phenoxy) is 2. The SMILES string of the molecule is CCc1ccc(-c2cnc3c4ccc(OC)c(OC)c4c(=O)n4c5ccccc5c2c34)cc1. The third-order valence-electron chi connectivity index (χ3n) is 6.58. The third kappa shape index (κ3) is 2.59. The Morgan fingerprint density at radius 1 is 0.879 bits per heavy atom. The molecule has 6 aromatic rings. The maximum absolute atomic E-state index is 13.9. The molecule has 0 atom stereocenters. The molecule has 0 saturated carbocycles. The van der Waals surface area contributed by atoms with E-state index in [1.165, 1.54) is 5.56 Å². The molecule has 0 fully saturated rings. The summed E-state index contributed by atoms with van der Waals surface area (Å²) in [4.78, 5) is 18.8. The van der Waals surface area contributed by atoms with Gasteiger partial charge in [0.1, 0.15) is 0 Å². The first kappa shape index (κ1) is 19.6. The van der Waals surface area contributed by atoms with Crippen LogP contribution in [0, 0.1) is 0 Å². The van der Waals surface area contributed by atoms with Gasteiger partial charge in [0, 0.05) is 27.9 Å². The molecule has 3 aromatic carbocycles. The van der Waals surface area contributed by atoms with Crippen molar-refractivity contribution in [2.75, 3.05) is 14.2 Å². The second-order valence-corrected chi connectivity index (χ2v) is 8.18. The first-order chi connectivity index (χ1) is 16.2. The van der Waals surface area contributed by atoms with Crippen LogP contribution < -0.4 is 15.0 Å². The molecular formula is C28H22N2O3. The lowest BCUT2D eigenvalue weighted by atomic mass is 9.98. The van der Waals surface area contributed by atoms with Crippen LogP contribution in [0.25, 0.3) is 49.2 Å². The fraction of sp³-hybridized carbons (Fsp3) is 0.143. The van der Waals surface area contributed by atoms with E-state index < -0.39 is 0 Å². The number of aromatic nitrogens is 2. The Balaban J connectivity index is 1.86. The Bertz CT molecular complexity index is 1730. The highest BCUT2D eigenvalue weighted by Gasteiger charge is 2.23. The summed E-state index contributed by atoms with van der Waals surface area (Å²) in [5, 5.41) is 3.29. The minimum atomic E-state index is -0.139. The van der Waals surface area contributed by atoms with Gasteiger partial charge in [-0.15, -0.1) is 0 Å². The summed E-state index contributed by atoms with van der Waals surface area (Å²) in [5.74, 6) is 0.950. The number of nitrogens with zero attached hydrogens (tertiary/aromatic N) is 2. The topological polar surface area (TPSA) is 52.8 Å². The standard InChI is InChI=1S/C28H22N2O3/c1-4-16-9-11-17(12-10-16)20-15-29-25-19-13-14-22(32-2)27(33-3)24(19)28(31)30-21-8-6-5-7-18(21)23(20)26(25)30/h5-15H,4H2,1-3H3. The van der Waals surface area contributed by atoms with Crippen molar-refractivity contribution in [1.82, 2.24) is 9.38 Å². The van der Waals surface area contributed by atoms with Crippen LogP contribution in [-0.2, 0) is 6.42 Å². The number of hydrogen-bond acceptors (Lipinski definition) is 4. The zero-order valence-corrected chi connectivity index (χ0v) is 18.7. The van der Waals surface area contributed by atoms with Crippen molar-refractivity contribution in [3.05, 3.63) is 82.8 Å². The van der Waals surface area contributed by atoms with Crippen molar-refractivity contribution in [2.24, 2.45) is 0 Å². The summed E-state index contributed by atoms with van der Waals surface area (Å²) >= 11 is 0. The molecule has 5 nitrogen and oxygen atoms in total. The van der Waals surface area contributed by atoms with Crippen molar-refractivity contribution >= 4 is 38.1 Å². The van der Waals surface area contributed by atoms with E-state index in [0.29, 0.717) is 16.9 Å². The van der Waals surface area contributed by atoms with Crippen molar-refractivity contribution in [2.45, 2.75) is 13.3 Å². The van der Waals surface area contributed by atoms with Crippen LogP contribution in [0.1, 0.15) is 12.5 Å². The Labute approximate surface area is 190 Å². The summed E-state index contributed by atoms with van der Waals surface area (Å²) in [7, 11) is 3.13. The van der Waals surface area contributed by atoms with E-state index in [0.717, 1.165) is 50.3 Å². The number of hydrogen-bond donors (Lipinski definition) is 0. The lowest BCUT2D eigenvalue weighted by Gasteiger charge is -2.13. The number of aryl methyl sites for hydroxylation is 1. The first-order valence-electron chi connectivity index (χ1n) is 11.0. The zero-order chi connectivity index (χ0) is 22.7. The fourth-order valence-electron chi connectivity index (χ4n) is 4.99. The Morgan fingerprint density at radius 2 is 1.67 bits per heavy atom. The van der Waals surface area contributed by atoms with Gasteiger partial charge in [0.05, 0.1) is 36.2 Å². The molecule has 0 unspecified atom stereocenters. The number of pyridine rings is 2. The van der Waals surface area contributed by atoms with Gasteiger partial charge in [0.2, 0.25) is 0 Å². The van der Waals surface area contributed by atoms with Gasteiger partial charge in [0.15, 0.2) is 11.5 Å². The lowest BCUT2D eigenvalue weighted by Crippen LogP contribution is -2.14. The van der Waals surface area contributed by atoms with Crippen LogP contribution in [-0.4, -0.2) is 23.6 Å². The van der Waals surface area contributed by atoms with E-state index in [1.807, 2.05) is 36.5 Å². The van der Waals surface area contributed by atoms with E-state index >= 15 is 0 Å². The molecule has 0 aliphatic carbocycles. The maximum atomic E-state index is 13.9. The van der Waals surface area contributed by atoms with Gasteiger partial charge in [-0.1, -0.05) is 49.4 Å². The summed E-state index contributed by atoms with van der Waals surface area (Å²) in [6, 6.07) is 20.3. The van der Waals surface area contributed by atoms with Gasteiger partial charge in [0.25, 0.3) is 5.56 Å². The van der Waals surface area contributed by atoms with Crippen molar-refractivity contribution in [1.29, 1.82) is 0 Å². The van der Waals surface area contributed by atoms with Gasteiger partial charge < -0.3 is 9.47 Å². The molecule has 3 heterocycles. The van der Waals surface area contributed by atoms with Crippen LogP contribution in [0.3, 0.4) is 0 Å². The average molecular weight is 434 g/mol. The average Bonchev–Trinajstić information content (AvgIpc) is 3.22. The lowest BCUT2D eigenvalue weighted by molar-refractivity contribution is 0.358. The van der Waals surface area contributed by atoms with Gasteiger partial charge in [-0.25, -0.2) is 0 Å². The van der Waals surface area contributed by atoms with E-state index in [-0.39, 0.29) is 5.56 Å². The number of benzene rings is 3. The molecule has 0 saturated heterocycles. The largest absolute Gasteiger partial charge is 0.493 e. The third-order valence-corrected chi connectivity index (χ3v) is 6.58. The van der Waals surface area contributed by atoms with E-state index in [4.69, 9.17) is 14.5 Å². The summed E-state index contributed by atoms with van der Waals surface area (Å²) in [6.45, 7) is 2.15. The van der Waals surface area contributed by atoms with Crippen LogP contribution in [0.15, 0.2) is 71.7 Å². The highest BCUT2D eigenvalue weighted by molar-refractivity contribution is 6.23. The smallest absolute Gasteiger partial charge is 0.267 e. The summed E-state index contributed by atoms with van der Waals surface area (Å²) < 4.78 is 12.9. The second-order valence-electron chi connectivity index (χ2n) is 8.18. The van der Waals surface area contributed by atoms with Gasteiger partial charge in [-0.05, 0) is 35.7 Å². The number of methoxy groups -OCH3 is 2. The molecule has 0 aliphatic heterocycles. The van der Waals surface area contributed by atoms with Crippen molar-refractivity contribution < 1.29 is 9.47 Å². The normalized spacial score (nSPS) is 11.7. The predicted molar refractivity (Wildman–Crippen MR) is 133 cm³/mol. The van der Waals surface area contributed by atoms with Crippen LogP contribution >= 0.6 is 0 Å². The molecule has 0 N–H and O–H groups in total. The van der Waals surface area contributed by atoms with Gasteiger partial charge in [-0.3, -0.25) is 14.2 Å². The molecule has 0 spiro atoms. The quantitative estimate of drug-likeness (QED) is 0.327. The molecular weight excluding hydrogens is 412 g/mol. The van der Waals surface area contributed by atoms with Gasteiger partial charge in [-0.2, -0.15) is 0 Å². The molecule has 0 radical (unpaired) electrons. The maximum Gasteiger partial charge on any atom is 0.267 e. The second kappa shape index (κ2) is 7.20. The van der Waals surface area contributed by atoms with Crippen LogP contribution in [0.5, 0.6) is 11.5 Å². The highest BCUT2D eigenvalue weighted by Crippen LogP contribution is 2.42. The van der Waals surface area contributed by atoms with Crippen LogP contribution in [0.4, 0.5) is 0 Å². The molecule has 33 heavy (non-hydrogen) atoms. The highest BCUT2D eigenvalue weighted by atomic mass is 16.5. The fourth-order valence-corrected chi connectivity index (χ4v) is 4.99. The molecule has 0 aliphatic rings. The Kier molecular flexibility index (Phi) is 4.27. The monoisotopic (exact) mass is 434 g/mol. The molecule has 0 amide bonds. The predicted octanol–water partition coefficient (Wildman–Crippen LogP) is 5.84. The van der Waals surface area contributed by atoms with Crippen molar-refractivity contribution in [3.8, 4) is 22.6 Å². The summed E-state index contributed by atoms with van der Waals surface area (Å²) in [6.07, 6.45) is 2.91.